The van der Waals surface area contributed by atoms with Crippen molar-refractivity contribution in [3.8, 4) is 23.0 Å². The summed E-state index contributed by atoms with van der Waals surface area (Å²) in [7, 11) is 3.31. The Kier molecular flexibility index (Phi) is 7.01. The van der Waals surface area contributed by atoms with Crippen LogP contribution in [-0.4, -0.2) is 65.3 Å². The van der Waals surface area contributed by atoms with Crippen LogP contribution in [0.3, 0.4) is 0 Å². The summed E-state index contributed by atoms with van der Waals surface area (Å²) in [6.07, 6.45) is 0.733. The Labute approximate surface area is 182 Å². The molecular weight excluding hydrogens is 396 g/mol. The molecule has 4 N–H and O–H groups in total. The fourth-order valence-electron chi connectivity index (χ4n) is 3.64. The quantitative estimate of drug-likeness (QED) is 0.531. The third-order valence-electron chi connectivity index (χ3n) is 5.22. The monoisotopic (exact) mass is 426 g/mol. The highest BCUT2D eigenvalue weighted by atomic mass is 16.5. The second kappa shape index (κ2) is 10.3. The zero-order valence-electron chi connectivity index (χ0n) is 18.1. The molecule has 2 aliphatic rings. The largest absolute Gasteiger partial charge is 0.493 e. The molecule has 0 saturated heterocycles. The van der Waals surface area contributed by atoms with Gasteiger partial charge in [0.05, 0.1) is 51.6 Å². The lowest BCUT2D eigenvalue weighted by Gasteiger charge is -2.13. The van der Waals surface area contributed by atoms with Crippen molar-refractivity contribution in [1.82, 2.24) is 0 Å². The standard InChI is InChI=1S/C23H28N4O4/c1-28-20-14-16(22-24-8-9-25-22)4-6-18(20)30-12-3-13-31-19-7-5-17(15-21(19)29-2)23-26-10-11-27-23/h4-7,14-15H,3,8-13H2,1-2H3,(H,24,25)(H,26,27)/p+2. The number of rotatable bonds is 10. The van der Waals surface area contributed by atoms with Crippen molar-refractivity contribution in [1.29, 1.82) is 0 Å². The number of benzene rings is 2. The predicted octanol–water partition coefficient (Wildman–Crippen LogP) is 0.199. The second-order valence-electron chi connectivity index (χ2n) is 7.30. The number of methoxy groups -OCH3 is 2. The zero-order valence-corrected chi connectivity index (χ0v) is 18.1. The van der Waals surface area contributed by atoms with Crippen LogP contribution in [0.25, 0.3) is 0 Å². The summed E-state index contributed by atoms with van der Waals surface area (Å²) in [6.45, 7) is 4.75. The van der Waals surface area contributed by atoms with Crippen molar-refractivity contribution in [2.75, 3.05) is 53.6 Å². The third kappa shape index (κ3) is 5.15. The van der Waals surface area contributed by atoms with Crippen LogP contribution in [-0.2, 0) is 0 Å². The summed E-state index contributed by atoms with van der Waals surface area (Å²) >= 11 is 0. The van der Waals surface area contributed by atoms with Gasteiger partial charge in [-0.15, -0.1) is 0 Å². The van der Waals surface area contributed by atoms with Crippen LogP contribution in [0.2, 0.25) is 0 Å². The van der Waals surface area contributed by atoms with Crippen LogP contribution >= 0.6 is 0 Å². The number of amidine groups is 2. The molecule has 0 bridgehead atoms. The SMILES string of the molecule is COc1cc(C2=NCC[NH2+]2)ccc1OCCCOc1ccc(C2=NCC[NH2+]2)cc1OC. The summed E-state index contributed by atoms with van der Waals surface area (Å²) in [6, 6.07) is 11.9. The van der Waals surface area contributed by atoms with E-state index in [9.17, 15) is 0 Å². The highest BCUT2D eigenvalue weighted by Crippen LogP contribution is 2.29. The Hall–Kier alpha value is -3.10. The minimum absolute atomic E-state index is 0.523. The van der Waals surface area contributed by atoms with Gasteiger partial charge in [-0.05, 0) is 36.4 Å². The Morgan fingerprint density at radius 1 is 0.710 bits per heavy atom. The van der Waals surface area contributed by atoms with Crippen molar-refractivity contribution in [3.05, 3.63) is 47.5 Å². The van der Waals surface area contributed by atoms with E-state index in [2.05, 4.69) is 20.6 Å². The lowest BCUT2D eigenvalue weighted by Crippen LogP contribution is -2.86. The van der Waals surface area contributed by atoms with Gasteiger partial charge in [0.15, 0.2) is 23.0 Å². The highest BCUT2D eigenvalue weighted by molar-refractivity contribution is 5.93. The van der Waals surface area contributed by atoms with Gasteiger partial charge in [0.25, 0.3) is 0 Å². The fraction of sp³-hybridized carbons (Fsp3) is 0.391. The lowest BCUT2D eigenvalue weighted by atomic mass is 10.2. The molecule has 31 heavy (non-hydrogen) atoms. The molecule has 0 fully saturated rings. The summed E-state index contributed by atoms with van der Waals surface area (Å²) in [5.74, 6) is 4.92. The maximum atomic E-state index is 5.92. The molecule has 0 aliphatic carbocycles. The van der Waals surface area contributed by atoms with E-state index >= 15 is 0 Å². The van der Waals surface area contributed by atoms with E-state index in [1.165, 1.54) is 0 Å². The Morgan fingerprint density at radius 3 is 1.58 bits per heavy atom. The molecule has 0 unspecified atom stereocenters. The fourth-order valence-corrected chi connectivity index (χ4v) is 3.64. The van der Waals surface area contributed by atoms with Gasteiger partial charge in [0.1, 0.15) is 13.1 Å². The maximum absolute atomic E-state index is 5.92. The average molecular weight is 427 g/mol. The van der Waals surface area contributed by atoms with E-state index in [1.807, 2.05) is 36.4 Å². The highest BCUT2D eigenvalue weighted by Gasteiger charge is 2.17. The normalized spacial score (nSPS) is 15.4. The molecule has 4 rings (SSSR count). The number of hydrogen-bond donors (Lipinski definition) is 2. The number of ether oxygens (including phenoxy) is 4. The molecule has 2 aliphatic heterocycles. The summed E-state index contributed by atoms with van der Waals surface area (Å²) in [5, 5.41) is 4.29. The smallest absolute Gasteiger partial charge is 0.227 e. The first-order valence-corrected chi connectivity index (χ1v) is 10.7. The Balaban J connectivity index is 1.28. The molecule has 0 aromatic heterocycles. The Morgan fingerprint density at radius 2 is 1.19 bits per heavy atom. The molecule has 0 radical (unpaired) electrons. The molecular formula is C23H30N4O4+2. The van der Waals surface area contributed by atoms with Crippen LogP contribution in [0.1, 0.15) is 17.5 Å². The van der Waals surface area contributed by atoms with Crippen molar-refractivity contribution in [3.63, 3.8) is 0 Å². The topological polar surface area (TPSA) is 94.9 Å². The van der Waals surface area contributed by atoms with Gasteiger partial charge in [-0.1, -0.05) is 0 Å². The molecule has 2 heterocycles. The van der Waals surface area contributed by atoms with Crippen molar-refractivity contribution < 1.29 is 29.6 Å². The predicted molar refractivity (Wildman–Crippen MR) is 118 cm³/mol. The molecule has 0 saturated carbocycles. The van der Waals surface area contributed by atoms with E-state index in [0.717, 1.165) is 66.9 Å². The molecule has 0 atom stereocenters. The molecule has 164 valence electrons. The maximum Gasteiger partial charge on any atom is 0.227 e. The third-order valence-corrected chi connectivity index (χ3v) is 5.22. The van der Waals surface area contributed by atoms with E-state index in [1.54, 1.807) is 14.2 Å². The average Bonchev–Trinajstić information content (AvgIpc) is 3.53. The minimum Gasteiger partial charge on any atom is -0.493 e. The minimum atomic E-state index is 0.523. The molecule has 0 amide bonds. The first-order valence-electron chi connectivity index (χ1n) is 10.7. The zero-order chi connectivity index (χ0) is 21.5. The van der Waals surface area contributed by atoms with Crippen molar-refractivity contribution >= 4 is 11.7 Å². The van der Waals surface area contributed by atoms with Gasteiger partial charge >= 0.3 is 0 Å². The van der Waals surface area contributed by atoms with Crippen LogP contribution < -0.4 is 29.6 Å². The van der Waals surface area contributed by atoms with E-state index in [-0.39, 0.29) is 0 Å². The van der Waals surface area contributed by atoms with Crippen molar-refractivity contribution in [2.24, 2.45) is 9.98 Å². The lowest BCUT2D eigenvalue weighted by molar-refractivity contribution is -0.527. The molecule has 0 spiro atoms. The number of nitrogens with two attached hydrogens (primary N) is 2. The van der Waals surface area contributed by atoms with Gasteiger partial charge in [-0.3, -0.25) is 10.6 Å². The van der Waals surface area contributed by atoms with Crippen molar-refractivity contribution in [2.45, 2.75) is 6.42 Å². The van der Waals surface area contributed by atoms with Gasteiger partial charge < -0.3 is 18.9 Å². The first kappa shape index (κ1) is 21.1. The van der Waals surface area contributed by atoms with E-state index in [0.29, 0.717) is 24.7 Å². The molecule has 8 heteroatoms. The summed E-state index contributed by atoms with van der Waals surface area (Å²) in [5.41, 5.74) is 2.11. The molecule has 2 aromatic rings. The van der Waals surface area contributed by atoms with Crippen LogP contribution in [0.5, 0.6) is 23.0 Å². The summed E-state index contributed by atoms with van der Waals surface area (Å²) < 4.78 is 22.8. The number of quaternary nitrogens is 2. The van der Waals surface area contributed by atoms with E-state index in [4.69, 9.17) is 18.9 Å². The Bertz CT molecular complexity index is 897. The van der Waals surface area contributed by atoms with Crippen LogP contribution in [0.4, 0.5) is 0 Å². The second-order valence-corrected chi connectivity index (χ2v) is 7.30. The van der Waals surface area contributed by atoms with Gasteiger partial charge in [0, 0.05) is 6.42 Å². The van der Waals surface area contributed by atoms with E-state index < -0.39 is 0 Å². The number of nitrogens with zero attached hydrogens (tertiary/aromatic N) is 2. The van der Waals surface area contributed by atoms with Crippen LogP contribution in [0, 0.1) is 0 Å². The van der Waals surface area contributed by atoms with Crippen LogP contribution in [0.15, 0.2) is 46.4 Å². The summed E-state index contributed by atoms with van der Waals surface area (Å²) in [4.78, 5) is 9.00. The molecule has 8 nitrogen and oxygen atoms in total. The van der Waals surface area contributed by atoms with Gasteiger partial charge in [-0.25, -0.2) is 9.98 Å². The van der Waals surface area contributed by atoms with Gasteiger partial charge in [0.2, 0.25) is 11.7 Å². The molecule has 2 aromatic carbocycles. The number of hydrogen-bond acceptors (Lipinski definition) is 6. The number of aliphatic imine (C=N–C) groups is 2. The first-order chi connectivity index (χ1) is 15.3. The van der Waals surface area contributed by atoms with Gasteiger partial charge in [-0.2, -0.15) is 0 Å².